The van der Waals surface area contributed by atoms with Gasteiger partial charge in [-0.25, -0.2) is 0 Å². The molecular formula is C13H21NO4. The van der Waals surface area contributed by atoms with Crippen molar-refractivity contribution >= 4 is 11.9 Å². The highest BCUT2D eigenvalue weighted by Gasteiger charge is 2.41. The monoisotopic (exact) mass is 255 g/mol. The maximum absolute atomic E-state index is 12.4. The van der Waals surface area contributed by atoms with Crippen LogP contribution in [0.3, 0.4) is 0 Å². The molecule has 2 unspecified atom stereocenters. The summed E-state index contributed by atoms with van der Waals surface area (Å²) in [5.74, 6) is -0.139. The minimum atomic E-state index is -0.375. The Labute approximate surface area is 107 Å². The molecule has 1 heterocycles. The number of carbonyl (C=O) groups is 2. The van der Waals surface area contributed by atoms with E-state index in [1.54, 1.807) is 11.8 Å². The molecule has 2 atom stereocenters. The zero-order valence-corrected chi connectivity index (χ0v) is 11.1. The zero-order valence-electron chi connectivity index (χ0n) is 11.1. The van der Waals surface area contributed by atoms with Crippen molar-refractivity contribution in [2.45, 2.75) is 45.3 Å². The first kappa shape index (κ1) is 13.3. The van der Waals surface area contributed by atoms with Gasteiger partial charge in [0.25, 0.3) is 5.91 Å². The van der Waals surface area contributed by atoms with Gasteiger partial charge in [-0.3, -0.25) is 9.59 Å². The van der Waals surface area contributed by atoms with Crippen molar-refractivity contribution in [3.63, 3.8) is 0 Å². The predicted octanol–water partition coefficient (Wildman–Crippen LogP) is 0.965. The second-order valence-electron chi connectivity index (χ2n) is 5.06. The van der Waals surface area contributed by atoms with E-state index in [0.29, 0.717) is 13.2 Å². The van der Waals surface area contributed by atoms with Crippen molar-refractivity contribution in [3.8, 4) is 0 Å². The van der Waals surface area contributed by atoms with Crippen LogP contribution in [0.25, 0.3) is 0 Å². The molecule has 0 aromatic heterocycles. The topological polar surface area (TPSA) is 55.8 Å². The quantitative estimate of drug-likeness (QED) is 0.687. The summed E-state index contributed by atoms with van der Waals surface area (Å²) in [4.78, 5) is 25.5. The molecule has 1 saturated carbocycles. The molecule has 1 aliphatic heterocycles. The molecule has 5 heteroatoms. The molecule has 1 saturated heterocycles. The molecule has 2 rings (SSSR count). The van der Waals surface area contributed by atoms with Crippen LogP contribution in [0.4, 0.5) is 0 Å². The number of hydrogen-bond acceptors (Lipinski definition) is 4. The lowest BCUT2D eigenvalue weighted by Crippen LogP contribution is -2.45. The van der Waals surface area contributed by atoms with Gasteiger partial charge in [-0.05, 0) is 32.1 Å². The average Bonchev–Trinajstić information content (AvgIpc) is 3.08. The van der Waals surface area contributed by atoms with Crippen LogP contribution in [0, 0.1) is 5.92 Å². The summed E-state index contributed by atoms with van der Waals surface area (Å²) in [6, 6.07) is 0.207. The number of rotatable bonds is 5. The van der Waals surface area contributed by atoms with E-state index in [1.807, 2.05) is 6.92 Å². The van der Waals surface area contributed by atoms with Crippen LogP contribution in [-0.4, -0.2) is 48.7 Å². The predicted molar refractivity (Wildman–Crippen MR) is 64.9 cm³/mol. The lowest BCUT2D eigenvalue weighted by molar-refractivity contribution is -0.153. The molecule has 0 N–H and O–H groups in total. The molecule has 5 nitrogen and oxygen atoms in total. The van der Waals surface area contributed by atoms with E-state index in [0.717, 1.165) is 19.3 Å². The first-order chi connectivity index (χ1) is 8.63. The van der Waals surface area contributed by atoms with Gasteiger partial charge in [-0.1, -0.05) is 6.92 Å². The molecule has 0 bridgehead atoms. The summed E-state index contributed by atoms with van der Waals surface area (Å²) in [5.41, 5.74) is 0. The van der Waals surface area contributed by atoms with Gasteiger partial charge in [0.15, 0.2) is 0 Å². The largest absolute Gasteiger partial charge is 0.465 e. The van der Waals surface area contributed by atoms with Crippen LogP contribution in [0.1, 0.15) is 33.1 Å². The molecule has 1 aliphatic carbocycles. The Kier molecular flexibility index (Phi) is 4.22. The lowest BCUT2D eigenvalue weighted by atomic mass is 10.0. The summed E-state index contributed by atoms with van der Waals surface area (Å²) >= 11 is 0. The number of esters is 1. The number of ether oxygens (including phenoxy) is 2. The zero-order chi connectivity index (χ0) is 13.1. The van der Waals surface area contributed by atoms with Crippen molar-refractivity contribution in [2.24, 2.45) is 5.92 Å². The summed E-state index contributed by atoms with van der Waals surface area (Å²) in [5, 5.41) is 0. The Hall–Kier alpha value is -1.10. The molecule has 2 aliphatic rings. The first-order valence-corrected chi connectivity index (χ1v) is 6.71. The average molecular weight is 255 g/mol. The molecular weight excluding hydrogens is 234 g/mol. The van der Waals surface area contributed by atoms with Gasteiger partial charge in [0, 0.05) is 12.6 Å². The smallest absolute Gasteiger partial charge is 0.325 e. The molecule has 18 heavy (non-hydrogen) atoms. The highest BCUT2D eigenvalue weighted by Crippen LogP contribution is 2.30. The normalized spacial score (nSPS) is 27.0. The van der Waals surface area contributed by atoms with Crippen LogP contribution in [0.2, 0.25) is 0 Å². The first-order valence-electron chi connectivity index (χ1n) is 6.71. The van der Waals surface area contributed by atoms with Crippen molar-refractivity contribution in [1.82, 2.24) is 4.90 Å². The second-order valence-corrected chi connectivity index (χ2v) is 5.06. The van der Waals surface area contributed by atoms with Gasteiger partial charge in [0.05, 0.1) is 6.61 Å². The summed E-state index contributed by atoms with van der Waals surface area (Å²) in [6.45, 7) is 4.83. The van der Waals surface area contributed by atoms with E-state index in [1.165, 1.54) is 0 Å². The van der Waals surface area contributed by atoms with Crippen molar-refractivity contribution in [2.75, 3.05) is 19.8 Å². The third-order valence-electron chi connectivity index (χ3n) is 3.51. The Balaban J connectivity index is 1.96. The fourth-order valence-electron chi connectivity index (χ4n) is 2.29. The van der Waals surface area contributed by atoms with Crippen LogP contribution in [-0.2, 0) is 19.1 Å². The minimum absolute atomic E-state index is 0.0458. The van der Waals surface area contributed by atoms with E-state index >= 15 is 0 Å². The Bertz CT molecular complexity index is 327. The molecule has 102 valence electrons. The van der Waals surface area contributed by atoms with Crippen molar-refractivity contribution in [1.29, 1.82) is 0 Å². The summed E-state index contributed by atoms with van der Waals surface area (Å²) in [7, 11) is 0. The van der Waals surface area contributed by atoms with E-state index in [2.05, 4.69) is 0 Å². The van der Waals surface area contributed by atoms with Crippen molar-refractivity contribution < 1.29 is 19.1 Å². The minimum Gasteiger partial charge on any atom is -0.465 e. The Morgan fingerprint density at radius 1 is 1.33 bits per heavy atom. The highest BCUT2D eigenvalue weighted by molar-refractivity contribution is 5.86. The number of hydrogen-bond donors (Lipinski definition) is 0. The summed E-state index contributed by atoms with van der Waals surface area (Å²) in [6.07, 6.45) is 2.49. The van der Waals surface area contributed by atoms with Crippen molar-refractivity contribution in [3.05, 3.63) is 0 Å². The second kappa shape index (κ2) is 5.69. The van der Waals surface area contributed by atoms with Gasteiger partial charge in [0.1, 0.15) is 12.6 Å². The standard InChI is InChI=1S/C13H21NO4/c1-3-17-11(15)8-14(10-4-5-10)13(16)12-9(2)6-7-18-12/h9-10,12H,3-8H2,1-2H3. The Morgan fingerprint density at radius 3 is 2.56 bits per heavy atom. The maximum Gasteiger partial charge on any atom is 0.325 e. The van der Waals surface area contributed by atoms with Gasteiger partial charge in [-0.15, -0.1) is 0 Å². The van der Waals surface area contributed by atoms with E-state index in [4.69, 9.17) is 9.47 Å². The van der Waals surface area contributed by atoms with Crippen LogP contribution in [0.5, 0.6) is 0 Å². The van der Waals surface area contributed by atoms with Gasteiger partial charge in [0.2, 0.25) is 0 Å². The lowest BCUT2D eigenvalue weighted by Gasteiger charge is -2.25. The summed E-state index contributed by atoms with van der Waals surface area (Å²) < 4.78 is 10.4. The van der Waals surface area contributed by atoms with Gasteiger partial charge < -0.3 is 14.4 Å². The third kappa shape index (κ3) is 3.02. The van der Waals surface area contributed by atoms with Crippen LogP contribution in [0.15, 0.2) is 0 Å². The highest BCUT2D eigenvalue weighted by atomic mass is 16.5. The SMILES string of the molecule is CCOC(=O)CN(C(=O)C1OCCC1C)C1CC1. The van der Waals surface area contributed by atoms with Gasteiger partial charge in [-0.2, -0.15) is 0 Å². The van der Waals surface area contributed by atoms with E-state index in [9.17, 15) is 9.59 Å². The molecule has 2 fully saturated rings. The molecule has 0 aromatic carbocycles. The van der Waals surface area contributed by atoms with E-state index < -0.39 is 0 Å². The maximum atomic E-state index is 12.4. The van der Waals surface area contributed by atoms with Crippen LogP contribution >= 0.6 is 0 Å². The van der Waals surface area contributed by atoms with Gasteiger partial charge >= 0.3 is 5.97 Å². The number of nitrogens with zero attached hydrogens (tertiary/aromatic N) is 1. The number of amides is 1. The number of carbonyl (C=O) groups excluding carboxylic acids is 2. The Morgan fingerprint density at radius 2 is 2.06 bits per heavy atom. The molecule has 1 amide bonds. The third-order valence-corrected chi connectivity index (χ3v) is 3.51. The van der Waals surface area contributed by atoms with Crippen LogP contribution < -0.4 is 0 Å². The fourth-order valence-corrected chi connectivity index (χ4v) is 2.29. The van der Waals surface area contributed by atoms with E-state index in [-0.39, 0.29) is 36.5 Å². The molecule has 0 spiro atoms. The molecule has 0 aromatic rings. The fraction of sp³-hybridized carbons (Fsp3) is 0.846. The molecule has 0 radical (unpaired) electrons.